The molecule has 0 spiro atoms. The van der Waals surface area contributed by atoms with Crippen LogP contribution in [0, 0.1) is 6.92 Å². The van der Waals surface area contributed by atoms with E-state index in [2.05, 4.69) is 22.3 Å². The number of nitrogens with one attached hydrogen (secondary N) is 2. The molecule has 0 amide bonds. The molecule has 2 aromatic heterocycles. The van der Waals surface area contributed by atoms with Gasteiger partial charge in [-0.2, -0.15) is 0 Å². The van der Waals surface area contributed by atoms with E-state index in [9.17, 15) is 4.79 Å². The Hall–Kier alpha value is -2.51. The van der Waals surface area contributed by atoms with Gasteiger partial charge in [-0.1, -0.05) is 42.5 Å². The van der Waals surface area contributed by atoms with Crippen LogP contribution in [0.25, 0.3) is 21.3 Å². The Morgan fingerprint density at radius 1 is 1.36 bits per heavy atom. The SMILES string of the molecule is C=C(C)CNC(=S)Nn1cnc2sc(C)c(-c3ccccc3)c2c1=O. The summed E-state index contributed by atoms with van der Waals surface area (Å²) in [5.41, 5.74) is 5.58. The minimum absolute atomic E-state index is 0.173. The molecule has 5 nitrogen and oxygen atoms in total. The van der Waals surface area contributed by atoms with Crippen molar-refractivity contribution in [3.05, 3.63) is 64.0 Å². The van der Waals surface area contributed by atoms with E-state index in [1.807, 2.05) is 44.2 Å². The highest BCUT2D eigenvalue weighted by Gasteiger charge is 2.17. The zero-order valence-electron chi connectivity index (χ0n) is 14.0. The van der Waals surface area contributed by atoms with Gasteiger partial charge in [0.1, 0.15) is 11.2 Å². The highest BCUT2D eigenvalue weighted by molar-refractivity contribution is 7.80. The number of thiocarbonyl (C=S) groups is 1. The van der Waals surface area contributed by atoms with Gasteiger partial charge in [-0.05, 0) is 31.6 Å². The molecule has 0 bridgehead atoms. The topological polar surface area (TPSA) is 58.9 Å². The van der Waals surface area contributed by atoms with Crippen LogP contribution in [0.1, 0.15) is 11.8 Å². The molecule has 0 saturated heterocycles. The number of benzene rings is 1. The summed E-state index contributed by atoms with van der Waals surface area (Å²) in [5, 5.41) is 3.94. The molecule has 0 radical (unpaired) electrons. The molecule has 0 unspecified atom stereocenters. The van der Waals surface area contributed by atoms with Gasteiger partial charge in [-0.3, -0.25) is 10.2 Å². The fourth-order valence-electron chi connectivity index (χ4n) is 2.51. The second-order valence-corrected chi connectivity index (χ2v) is 7.36. The van der Waals surface area contributed by atoms with E-state index in [-0.39, 0.29) is 5.56 Å². The zero-order chi connectivity index (χ0) is 18.0. The Kier molecular flexibility index (Phi) is 4.96. The highest BCUT2D eigenvalue weighted by atomic mass is 32.1. The van der Waals surface area contributed by atoms with Crippen molar-refractivity contribution in [1.29, 1.82) is 0 Å². The predicted molar refractivity (Wildman–Crippen MR) is 109 cm³/mol. The maximum Gasteiger partial charge on any atom is 0.281 e. The van der Waals surface area contributed by atoms with Crippen LogP contribution < -0.4 is 16.3 Å². The molecule has 1 aromatic carbocycles. The smallest absolute Gasteiger partial charge is 0.281 e. The number of hydrogen-bond acceptors (Lipinski definition) is 4. The van der Waals surface area contributed by atoms with E-state index in [0.29, 0.717) is 17.0 Å². The van der Waals surface area contributed by atoms with Crippen LogP contribution in [-0.4, -0.2) is 21.3 Å². The normalized spacial score (nSPS) is 10.6. The lowest BCUT2D eigenvalue weighted by Crippen LogP contribution is -2.39. The van der Waals surface area contributed by atoms with Crippen molar-refractivity contribution in [2.75, 3.05) is 12.0 Å². The van der Waals surface area contributed by atoms with Gasteiger partial charge >= 0.3 is 0 Å². The largest absolute Gasteiger partial charge is 0.358 e. The zero-order valence-corrected chi connectivity index (χ0v) is 15.6. The number of aromatic nitrogens is 2. The summed E-state index contributed by atoms with van der Waals surface area (Å²) in [5.74, 6) is 0. The molecule has 3 aromatic rings. The van der Waals surface area contributed by atoms with Crippen molar-refractivity contribution in [3.8, 4) is 11.1 Å². The molecule has 2 heterocycles. The van der Waals surface area contributed by atoms with E-state index in [1.165, 1.54) is 22.3 Å². The van der Waals surface area contributed by atoms with E-state index < -0.39 is 0 Å². The van der Waals surface area contributed by atoms with E-state index in [4.69, 9.17) is 12.2 Å². The summed E-state index contributed by atoms with van der Waals surface area (Å²) < 4.78 is 1.31. The molecular formula is C18H18N4OS2. The number of aryl methyl sites for hydroxylation is 1. The van der Waals surface area contributed by atoms with Crippen LogP contribution in [0.2, 0.25) is 0 Å². The van der Waals surface area contributed by atoms with Crippen LogP contribution in [0.4, 0.5) is 0 Å². The third kappa shape index (κ3) is 3.62. The molecule has 2 N–H and O–H groups in total. The van der Waals surface area contributed by atoms with E-state index in [1.54, 1.807) is 0 Å². The number of hydrogen-bond donors (Lipinski definition) is 2. The summed E-state index contributed by atoms with van der Waals surface area (Å²) in [6.45, 7) is 8.26. The summed E-state index contributed by atoms with van der Waals surface area (Å²) in [4.78, 5) is 19.2. The van der Waals surface area contributed by atoms with Crippen LogP contribution in [-0.2, 0) is 0 Å². The molecule has 0 aliphatic carbocycles. The Balaban J connectivity index is 2.03. The quantitative estimate of drug-likeness (QED) is 0.544. The summed E-state index contributed by atoms with van der Waals surface area (Å²) in [6, 6.07) is 9.87. The molecular weight excluding hydrogens is 352 g/mol. The Bertz CT molecular complexity index is 1010. The Morgan fingerprint density at radius 3 is 2.76 bits per heavy atom. The molecule has 0 aliphatic heterocycles. The standard InChI is InChI=1S/C18H18N4OS2/c1-11(2)9-19-18(24)21-22-10-20-16-15(17(22)23)14(12(3)25-16)13-7-5-4-6-8-13/h4-8,10H,1,9H2,2-3H3,(H2,19,21,24). The van der Waals surface area contributed by atoms with Crippen molar-refractivity contribution in [1.82, 2.24) is 15.0 Å². The third-order valence-corrected chi connectivity index (χ3v) is 4.87. The fraction of sp³-hybridized carbons (Fsp3) is 0.167. The maximum absolute atomic E-state index is 13.0. The van der Waals surface area contributed by atoms with Gasteiger partial charge in [-0.15, -0.1) is 11.3 Å². The van der Waals surface area contributed by atoms with Crippen LogP contribution in [0.5, 0.6) is 0 Å². The van der Waals surface area contributed by atoms with Gasteiger partial charge in [0.25, 0.3) is 5.56 Å². The molecule has 0 aliphatic rings. The van der Waals surface area contributed by atoms with Gasteiger partial charge < -0.3 is 5.32 Å². The van der Waals surface area contributed by atoms with Crippen LogP contribution in [0.3, 0.4) is 0 Å². The van der Waals surface area contributed by atoms with Crippen molar-refractivity contribution in [3.63, 3.8) is 0 Å². The van der Waals surface area contributed by atoms with Crippen LogP contribution >= 0.6 is 23.6 Å². The third-order valence-electron chi connectivity index (χ3n) is 3.62. The molecule has 0 fully saturated rings. The molecule has 25 heavy (non-hydrogen) atoms. The second-order valence-electron chi connectivity index (χ2n) is 5.75. The van der Waals surface area contributed by atoms with Crippen molar-refractivity contribution >= 4 is 38.9 Å². The minimum atomic E-state index is -0.173. The first-order chi connectivity index (χ1) is 12.0. The number of thiophene rings is 1. The molecule has 3 rings (SSSR count). The first-order valence-corrected chi connectivity index (χ1v) is 8.95. The lowest BCUT2D eigenvalue weighted by molar-refractivity contribution is 0.873. The number of nitrogens with zero attached hydrogens (tertiary/aromatic N) is 2. The molecule has 0 saturated carbocycles. The van der Waals surface area contributed by atoms with Crippen molar-refractivity contribution < 1.29 is 0 Å². The number of fused-ring (bicyclic) bond motifs is 1. The van der Waals surface area contributed by atoms with E-state index >= 15 is 0 Å². The first-order valence-electron chi connectivity index (χ1n) is 7.73. The fourth-order valence-corrected chi connectivity index (χ4v) is 3.69. The minimum Gasteiger partial charge on any atom is -0.358 e. The highest BCUT2D eigenvalue weighted by Crippen LogP contribution is 2.35. The second kappa shape index (κ2) is 7.16. The van der Waals surface area contributed by atoms with Gasteiger partial charge in [0.05, 0.1) is 5.39 Å². The van der Waals surface area contributed by atoms with E-state index in [0.717, 1.165) is 26.4 Å². The van der Waals surface area contributed by atoms with Crippen molar-refractivity contribution in [2.45, 2.75) is 13.8 Å². The van der Waals surface area contributed by atoms with Crippen molar-refractivity contribution in [2.24, 2.45) is 0 Å². The first kappa shape index (κ1) is 17.3. The van der Waals surface area contributed by atoms with Gasteiger partial charge in [0, 0.05) is 17.0 Å². The maximum atomic E-state index is 13.0. The molecule has 128 valence electrons. The van der Waals surface area contributed by atoms with Gasteiger partial charge in [0.15, 0.2) is 5.11 Å². The van der Waals surface area contributed by atoms with Gasteiger partial charge in [-0.25, -0.2) is 9.66 Å². The summed E-state index contributed by atoms with van der Waals surface area (Å²) in [7, 11) is 0. The van der Waals surface area contributed by atoms with Gasteiger partial charge in [0.2, 0.25) is 0 Å². The lowest BCUT2D eigenvalue weighted by Gasteiger charge is -2.12. The predicted octanol–water partition coefficient (Wildman–Crippen LogP) is 3.43. The average Bonchev–Trinajstić information content (AvgIpc) is 2.93. The average molecular weight is 371 g/mol. The molecule has 0 atom stereocenters. The monoisotopic (exact) mass is 370 g/mol. The Morgan fingerprint density at radius 2 is 2.08 bits per heavy atom. The summed E-state index contributed by atoms with van der Waals surface area (Å²) >= 11 is 6.74. The Labute approximate surface area is 155 Å². The summed E-state index contributed by atoms with van der Waals surface area (Å²) in [6.07, 6.45) is 1.46. The number of rotatable bonds is 4. The van der Waals surface area contributed by atoms with Crippen LogP contribution in [0.15, 0.2) is 53.6 Å². The molecule has 7 heteroatoms. The lowest BCUT2D eigenvalue weighted by atomic mass is 10.0.